The molecule has 8 heteroatoms. The van der Waals surface area contributed by atoms with Crippen LogP contribution >= 0.6 is 11.6 Å². The molecule has 17 heavy (non-hydrogen) atoms. The van der Waals surface area contributed by atoms with Gasteiger partial charge in [-0.2, -0.15) is 4.31 Å². The number of fused-ring (bicyclic) bond motifs is 1. The Balaban J connectivity index is 2.00. The molecule has 0 aromatic carbocycles. The Morgan fingerprint density at radius 1 is 1.35 bits per heavy atom. The summed E-state index contributed by atoms with van der Waals surface area (Å²) in [6, 6.07) is 0. The minimum absolute atomic E-state index is 0.161. The fourth-order valence-corrected chi connectivity index (χ4v) is 3.48. The number of unbranched alkanes of at least 4 members (excludes halogenated alkanes) is 1. The average molecular weight is 279 g/mol. The van der Waals surface area contributed by atoms with Gasteiger partial charge < -0.3 is 4.57 Å². The predicted octanol–water partition coefficient (Wildman–Crippen LogP) is 0.443. The lowest BCUT2D eigenvalue weighted by Gasteiger charge is -2.26. The van der Waals surface area contributed by atoms with Gasteiger partial charge in [-0.1, -0.05) is 0 Å². The molecule has 0 saturated carbocycles. The van der Waals surface area contributed by atoms with Gasteiger partial charge in [0.05, 0.1) is 12.3 Å². The fraction of sp³-hybridized carbons (Fsp3) is 0.778. The van der Waals surface area contributed by atoms with E-state index in [0.29, 0.717) is 37.8 Å². The summed E-state index contributed by atoms with van der Waals surface area (Å²) < 4.78 is 27.4. The van der Waals surface area contributed by atoms with Crippen molar-refractivity contribution in [3.63, 3.8) is 0 Å². The van der Waals surface area contributed by atoms with E-state index in [0.717, 1.165) is 6.42 Å². The maximum Gasteiger partial charge on any atom is 0.214 e. The van der Waals surface area contributed by atoms with Crippen molar-refractivity contribution in [2.24, 2.45) is 0 Å². The zero-order valence-corrected chi connectivity index (χ0v) is 11.0. The minimum Gasteiger partial charge on any atom is -0.315 e. The fourth-order valence-electron chi connectivity index (χ4n) is 1.79. The summed E-state index contributed by atoms with van der Waals surface area (Å²) in [5.74, 6) is 1.37. The summed E-state index contributed by atoms with van der Waals surface area (Å²) in [4.78, 5) is 0. The highest BCUT2D eigenvalue weighted by atomic mass is 35.5. The van der Waals surface area contributed by atoms with Crippen LogP contribution in [-0.4, -0.2) is 45.7 Å². The van der Waals surface area contributed by atoms with Crippen LogP contribution in [0.3, 0.4) is 0 Å². The molecule has 0 amide bonds. The molecule has 0 aliphatic carbocycles. The summed E-state index contributed by atoms with van der Waals surface area (Å²) in [6.07, 6.45) is 2.96. The Morgan fingerprint density at radius 3 is 2.94 bits per heavy atom. The van der Waals surface area contributed by atoms with Gasteiger partial charge in [-0.05, 0) is 12.8 Å². The van der Waals surface area contributed by atoms with Crippen molar-refractivity contribution in [3.05, 3.63) is 12.2 Å². The smallest absolute Gasteiger partial charge is 0.214 e. The molecule has 1 aliphatic heterocycles. The second kappa shape index (κ2) is 5.32. The summed E-state index contributed by atoms with van der Waals surface area (Å²) in [6.45, 7) is 1.44. The number of halogens is 1. The van der Waals surface area contributed by atoms with Crippen LogP contribution in [0.25, 0.3) is 0 Å². The highest BCUT2D eigenvalue weighted by Gasteiger charge is 2.27. The lowest BCUT2D eigenvalue weighted by molar-refractivity contribution is 0.335. The van der Waals surface area contributed by atoms with Crippen molar-refractivity contribution in [1.82, 2.24) is 19.1 Å². The Bertz CT molecular complexity index is 473. The second-order valence-electron chi connectivity index (χ2n) is 3.99. The highest BCUT2D eigenvalue weighted by Crippen LogP contribution is 2.14. The zero-order chi connectivity index (χ0) is 12.3. The third-order valence-electron chi connectivity index (χ3n) is 2.78. The topological polar surface area (TPSA) is 68.1 Å². The monoisotopic (exact) mass is 278 g/mol. The molecule has 6 nitrogen and oxygen atoms in total. The summed E-state index contributed by atoms with van der Waals surface area (Å²) in [7, 11) is -3.18. The molecule has 0 unspecified atom stereocenters. The van der Waals surface area contributed by atoms with Crippen molar-refractivity contribution >= 4 is 21.6 Å². The molecule has 0 radical (unpaired) electrons. The number of hydrogen-bond acceptors (Lipinski definition) is 4. The Kier molecular flexibility index (Phi) is 4.01. The van der Waals surface area contributed by atoms with Gasteiger partial charge in [-0.15, -0.1) is 21.8 Å². The molecular formula is C9H15ClN4O2S. The lowest BCUT2D eigenvalue weighted by atomic mass is 10.4. The van der Waals surface area contributed by atoms with Gasteiger partial charge in [-0.25, -0.2) is 8.42 Å². The Hall–Kier alpha value is -0.660. The zero-order valence-electron chi connectivity index (χ0n) is 9.42. The van der Waals surface area contributed by atoms with E-state index in [1.807, 2.05) is 4.57 Å². The SMILES string of the molecule is O=S(=O)(CCCCCl)N1CCn2cnnc2C1. The van der Waals surface area contributed by atoms with Gasteiger partial charge in [-0.3, -0.25) is 0 Å². The second-order valence-corrected chi connectivity index (χ2v) is 6.45. The first-order chi connectivity index (χ1) is 8.13. The van der Waals surface area contributed by atoms with Crippen LogP contribution in [0, 0.1) is 0 Å². The van der Waals surface area contributed by atoms with Crippen molar-refractivity contribution in [2.45, 2.75) is 25.9 Å². The molecule has 2 heterocycles. The number of alkyl halides is 1. The maximum atomic E-state index is 12.0. The van der Waals surface area contributed by atoms with Crippen LogP contribution in [0.1, 0.15) is 18.7 Å². The maximum absolute atomic E-state index is 12.0. The molecule has 0 atom stereocenters. The van der Waals surface area contributed by atoms with Crippen LogP contribution in [0.5, 0.6) is 0 Å². The summed E-state index contributed by atoms with van der Waals surface area (Å²) >= 11 is 5.54. The number of nitrogens with zero attached hydrogens (tertiary/aromatic N) is 4. The Labute approximate surface area is 106 Å². The van der Waals surface area contributed by atoms with Crippen molar-refractivity contribution < 1.29 is 8.42 Å². The Morgan fingerprint density at radius 2 is 2.18 bits per heavy atom. The number of sulfonamides is 1. The molecule has 0 bridgehead atoms. The van der Waals surface area contributed by atoms with E-state index >= 15 is 0 Å². The van der Waals surface area contributed by atoms with Crippen molar-refractivity contribution in [2.75, 3.05) is 18.2 Å². The lowest BCUT2D eigenvalue weighted by Crippen LogP contribution is -2.39. The number of hydrogen-bond donors (Lipinski definition) is 0. The average Bonchev–Trinajstić information content (AvgIpc) is 2.76. The molecule has 0 spiro atoms. The first-order valence-corrected chi connectivity index (χ1v) is 7.68. The van der Waals surface area contributed by atoms with Gasteiger partial charge in [0.1, 0.15) is 12.2 Å². The minimum atomic E-state index is -3.18. The first kappa shape index (κ1) is 12.8. The third-order valence-corrected chi connectivity index (χ3v) is 4.95. The van der Waals surface area contributed by atoms with Crippen molar-refractivity contribution in [3.8, 4) is 0 Å². The van der Waals surface area contributed by atoms with E-state index in [9.17, 15) is 8.42 Å². The molecule has 0 fully saturated rings. The molecule has 1 aliphatic rings. The normalized spacial score (nSPS) is 17.0. The highest BCUT2D eigenvalue weighted by molar-refractivity contribution is 7.89. The molecule has 0 N–H and O–H groups in total. The third kappa shape index (κ3) is 2.97. The molecule has 2 rings (SSSR count). The van der Waals surface area contributed by atoms with Crippen LogP contribution in [-0.2, 0) is 23.1 Å². The largest absolute Gasteiger partial charge is 0.315 e. The van der Waals surface area contributed by atoms with Gasteiger partial charge in [0.2, 0.25) is 10.0 Å². The molecular weight excluding hydrogens is 264 g/mol. The van der Waals surface area contributed by atoms with Gasteiger partial charge in [0.15, 0.2) is 0 Å². The first-order valence-electron chi connectivity index (χ1n) is 5.54. The van der Waals surface area contributed by atoms with Crippen LogP contribution in [0.15, 0.2) is 6.33 Å². The van der Waals surface area contributed by atoms with Crippen LogP contribution < -0.4 is 0 Å². The summed E-state index contributed by atoms with van der Waals surface area (Å²) in [5, 5.41) is 7.67. The van der Waals surface area contributed by atoms with E-state index in [-0.39, 0.29) is 5.75 Å². The van der Waals surface area contributed by atoms with Gasteiger partial charge >= 0.3 is 0 Å². The van der Waals surface area contributed by atoms with Gasteiger partial charge in [0, 0.05) is 19.0 Å². The molecule has 1 aromatic heterocycles. The van der Waals surface area contributed by atoms with E-state index in [2.05, 4.69) is 10.2 Å². The predicted molar refractivity (Wildman–Crippen MR) is 64.2 cm³/mol. The van der Waals surface area contributed by atoms with E-state index in [1.165, 1.54) is 4.31 Å². The summed E-state index contributed by atoms with van der Waals surface area (Å²) in [5.41, 5.74) is 0. The standard InChI is InChI=1S/C9H15ClN4O2S/c10-3-1-2-6-17(15,16)14-5-4-13-8-11-12-9(13)7-14/h8H,1-7H2. The van der Waals surface area contributed by atoms with Crippen LogP contribution in [0.2, 0.25) is 0 Å². The van der Waals surface area contributed by atoms with E-state index in [4.69, 9.17) is 11.6 Å². The molecule has 96 valence electrons. The van der Waals surface area contributed by atoms with Crippen LogP contribution in [0.4, 0.5) is 0 Å². The number of rotatable bonds is 5. The molecule has 1 aromatic rings. The van der Waals surface area contributed by atoms with E-state index in [1.54, 1.807) is 6.33 Å². The quantitative estimate of drug-likeness (QED) is 0.579. The van der Waals surface area contributed by atoms with E-state index < -0.39 is 10.0 Å². The number of aromatic nitrogens is 3. The van der Waals surface area contributed by atoms with Gasteiger partial charge in [0.25, 0.3) is 0 Å². The van der Waals surface area contributed by atoms with Crippen molar-refractivity contribution in [1.29, 1.82) is 0 Å². The molecule has 0 saturated heterocycles.